The fourth-order valence-electron chi connectivity index (χ4n) is 6.05. The van der Waals surface area contributed by atoms with Crippen molar-refractivity contribution in [2.75, 3.05) is 36.2 Å². The lowest BCUT2D eigenvalue weighted by atomic mass is 9.99. The summed E-state index contributed by atoms with van der Waals surface area (Å²) in [5.74, 6) is 1.00. The molecule has 3 fully saturated rings. The number of nitrogens with one attached hydrogen (secondary N) is 1. The van der Waals surface area contributed by atoms with Gasteiger partial charge < -0.3 is 19.3 Å². The fraction of sp³-hybridized carbons (Fsp3) is 0.625. The Hall–Kier alpha value is -2.86. The predicted molar refractivity (Wildman–Crippen MR) is 128 cm³/mol. The van der Waals surface area contributed by atoms with E-state index in [9.17, 15) is 13.2 Å². The van der Waals surface area contributed by atoms with Crippen molar-refractivity contribution in [2.45, 2.75) is 69.9 Å². The first-order valence-corrected chi connectivity index (χ1v) is 12.6. The number of anilines is 2. The van der Waals surface area contributed by atoms with Crippen LogP contribution < -0.4 is 9.80 Å². The van der Waals surface area contributed by atoms with E-state index in [1.54, 1.807) is 6.07 Å². The standard InChI is InChI=1S/C24H30F3N7O2/c1-3-36-17-7-9-32(14(2)10-17)18-11-20(33-15-4-5-16(33)13-35-12-15)29-23-21(18)22(24(25,26)27)31-34(23)19-6-8-28-30-19/h6,8,11,14-17H,3-5,7,9-10,12-13H2,1-2H3,(H,28,30)/t14-,15?,16?,17-/m1/s1. The van der Waals surface area contributed by atoms with E-state index >= 15 is 0 Å². The minimum absolute atomic E-state index is 0.00764. The molecule has 2 unspecified atom stereocenters. The van der Waals surface area contributed by atoms with Crippen LogP contribution in [0.15, 0.2) is 18.3 Å². The molecule has 3 aromatic heterocycles. The molecule has 6 rings (SSSR count). The minimum Gasteiger partial charge on any atom is -0.378 e. The van der Waals surface area contributed by atoms with Crippen molar-refractivity contribution in [3.63, 3.8) is 0 Å². The van der Waals surface area contributed by atoms with E-state index < -0.39 is 11.9 Å². The number of rotatable bonds is 5. The quantitative estimate of drug-likeness (QED) is 0.563. The van der Waals surface area contributed by atoms with E-state index in [1.807, 2.05) is 19.9 Å². The highest BCUT2D eigenvalue weighted by Crippen LogP contribution is 2.44. The maximum atomic E-state index is 14.4. The Morgan fingerprint density at radius 1 is 1.19 bits per heavy atom. The van der Waals surface area contributed by atoms with E-state index in [2.05, 4.69) is 25.1 Å². The highest BCUT2D eigenvalue weighted by Gasteiger charge is 2.43. The summed E-state index contributed by atoms with van der Waals surface area (Å²) < 4.78 is 56.0. The number of hydrogen-bond donors (Lipinski definition) is 1. The third-order valence-corrected chi connectivity index (χ3v) is 7.63. The molecule has 12 heteroatoms. The normalized spacial score (nSPS) is 26.8. The van der Waals surface area contributed by atoms with E-state index in [-0.39, 0.29) is 35.3 Å². The van der Waals surface area contributed by atoms with Crippen LogP contribution in [0.5, 0.6) is 0 Å². The second-order valence-electron chi connectivity index (χ2n) is 9.87. The van der Waals surface area contributed by atoms with Gasteiger partial charge in [0.15, 0.2) is 17.2 Å². The topological polar surface area (TPSA) is 84.3 Å². The number of halogens is 3. The molecule has 36 heavy (non-hydrogen) atoms. The largest absolute Gasteiger partial charge is 0.435 e. The number of alkyl halides is 3. The molecule has 3 aliphatic rings. The van der Waals surface area contributed by atoms with Crippen molar-refractivity contribution in [1.29, 1.82) is 0 Å². The summed E-state index contributed by atoms with van der Waals surface area (Å²) in [5, 5.41) is 10.7. The van der Waals surface area contributed by atoms with Gasteiger partial charge in [0.05, 0.1) is 48.7 Å². The molecule has 0 spiro atoms. The number of piperidine rings is 1. The third kappa shape index (κ3) is 3.90. The average Bonchev–Trinajstić information content (AvgIpc) is 3.55. The summed E-state index contributed by atoms with van der Waals surface area (Å²) in [7, 11) is 0. The highest BCUT2D eigenvalue weighted by molar-refractivity contribution is 5.95. The SMILES string of the molecule is CCO[C@@H]1CCN(c2cc(N3C4CCC3COC4)nc3c2c(C(F)(F)F)nn3-c2ccn[nH]2)[C@H](C)C1. The minimum atomic E-state index is -4.65. The summed E-state index contributed by atoms with van der Waals surface area (Å²) in [6.45, 7) is 6.40. The first-order valence-electron chi connectivity index (χ1n) is 12.6. The zero-order chi connectivity index (χ0) is 25.0. The van der Waals surface area contributed by atoms with Gasteiger partial charge in [-0.3, -0.25) is 5.10 Å². The maximum Gasteiger partial charge on any atom is 0.435 e. The van der Waals surface area contributed by atoms with Crippen LogP contribution in [0.3, 0.4) is 0 Å². The lowest BCUT2D eigenvalue weighted by Crippen LogP contribution is -2.47. The molecule has 0 aliphatic carbocycles. The van der Waals surface area contributed by atoms with Gasteiger partial charge >= 0.3 is 6.18 Å². The molecule has 0 saturated carbocycles. The third-order valence-electron chi connectivity index (χ3n) is 7.63. The molecule has 3 saturated heterocycles. The molecule has 194 valence electrons. The molecule has 9 nitrogen and oxygen atoms in total. The van der Waals surface area contributed by atoms with Gasteiger partial charge in [-0.25, -0.2) is 4.98 Å². The Bertz CT molecular complexity index is 1210. The number of fused-ring (bicyclic) bond motifs is 3. The van der Waals surface area contributed by atoms with Crippen molar-refractivity contribution >= 4 is 22.5 Å². The van der Waals surface area contributed by atoms with Crippen LogP contribution in [0, 0.1) is 0 Å². The molecule has 2 bridgehead atoms. The van der Waals surface area contributed by atoms with E-state index in [1.165, 1.54) is 10.9 Å². The highest BCUT2D eigenvalue weighted by atomic mass is 19.4. The molecule has 3 aliphatic heterocycles. The summed E-state index contributed by atoms with van der Waals surface area (Å²) in [5.41, 5.74) is -0.254. The van der Waals surface area contributed by atoms with Crippen molar-refractivity contribution in [2.24, 2.45) is 0 Å². The smallest absolute Gasteiger partial charge is 0.378 e. The summed E-state index contributed by atoms with van der Waals surface area (Å²) in [4.78, 5) is 9.13. The Labute approximate surface area is 206 Å². The molecule has 1 N–H and O–H groups in total. The summed E-state index contributed by atoms with van der Waals surface area (Å²) >= 11 is 0. The Morgan fingerprint density at radius 2 is 1.97 bits per heavy atom. The van der Waals surface area contributed by atoms with Gasteiger partial charge in [0, 0.05) is 31.3 Å². The first kappa shape index (κ1) is 23.5. The lowest BCUT2D eigenvalue weighted by Gasteiger charge is -2.40. The second-order valence-corrected chi connectivity index (χ2v) is 9.87. The number of pyridine rings is 1. The van der Waals surface area contributed by atoms with Gasteiger partial charge in [-0.2, -0.15) is 28.1 Å². The van der Waals surface area contributed by atoms with Crippen LogP contribution in [0.2, 0.25) is 0 Å². The molecular weight excluding hydrogens is 475 g/mol. The van der Waals surface area contributed by atoms with Crippen molar-refractivity contribution in [1.82, 2.24) is 25.0 Å². The van der Waals surface area contributed by atoms with Gasteiger partial charge in [-0.1, -0.05) is 0 Å². The van der Waals surface area contributed by atoms with Crippen LogP contribution in [0.1, 0.15) is 45.2 Å². The van der Waals surface area contributed by atoms with Crippen molar-refractivity contribution in [3.8, 4) is 5.82 Å². The molecule has 3 aromatic rings. The number of hydrogen-bond acceptors (Lipinski definition) is 7. The zero-order valence-corrected chi connectivity index (χ0v) is 20.3. The average molecular weight is 506 g/mol. The number of nitrogens with zero attached hydrogens (tertiary/aromatic N) is 6. The monoisotopic (exact) mass is 505 g/mol. The van der Waals surface area contributed by atoms with Crippen LogP contribution in [-0.2, 0) is 15.7 Å². The number of morpholine rings is 1. The van der Waals surface area contributed by atoms with Gasteiger partial charge in [0.2, 0.25) is 0 Å². The fourth-order valence-corrected chi connectivity index (χ4v) is 6.05. The number of ether oxygens (including phenoxy) is 2. The van der Waals surface area contributed by atoms with Crippen LogP contribution >= 0.6 is 0 Å². The predicted octanol–water partition coefficient (Wildman–Crippen LogP) is 3.92. The van der Waals surface area contributed by atoms with Gasteiger partial charge in [0.25, 0.3) is 0 Å². The van der Waals surface area contributed by atoms with Crippen LogP contribution in [-0.4, -0.2) is 75.6 Å². The molecular formula is C24H30F3N7O2. The number of aromatic nitrogens is 5. The molecule has 4 atom stereocenters. The Kier molecular flexibility index (Phi) is 5.83. The summed E-state index contributed by atoms with van der Waals surface area (Å²) in [6, 6.07) is 3.74. The van der Waals surface area contributed by atoms with Crippen LogP contribution in [0.25, 0.3) is 16.9 Å². The van der Waals surface area contributed by atoms with Gasteiger partial charge in [0.1, 0.15) is 5.82 Å². The molecule has 0 radical (unpaired) electrons. The number of H-pyrrole nitrogens is 1. The lowest BCUT2D eigenvalue weighted by molar-refractivity contribution is -0.140. The molecule has 6 heterocycles. The van der Waals surface area contributed by atoms with Crippen LogP contribution in [0.4, 0.5) is 24.7 Å². The molecule has 0 aromatic carbocycles. The molecule has 0 amide bonds. The van der Waals surface area contributed by atoms with Crippen molar-refractivity contribution in [3.05, 3.63) is 24.0 Å². The first-order chi connectivity index (χ1) is 17.3. The van der Waals surface area contributed by atoms with E-state index in [0.29, 0.717) is 43.7 Å². The zero-order valence-electron chi connectivity index (χ0n) is 20.3. The Morgan fingerprint density at radius 3 is 2.61 bits per heavy atom. The van der Waals surface area contributed by atoms with Gasteiger partial charge in [-0.05, 0) is 39.5 Å². The Balaban J connectivity index is 1.56. The number of aromatic amines is 1. The second kappa shape index (κ2) is 8.91. The summed E-state index contributed by atoms with van der Waals surface area (Å²) in [6.07, 6.45) is 0.383. The van der Waals surface area contributed by atoms with E-state index in [0.717, 1.165) is 25.7 Å². The maximum absolute atomic E-state index is 14.4. The van der Waals surface area contributed by atoms with E-state index in [4.69, 9.17) is 14.5 Å². The van der Waals surface area contributed by atoms with Crippen molar-refractivity contribution < 1.29 is 22.6 Å². The van der Waals surface area contributed by atoms with Gasteiger partial charge in [-0.15, -0.1) is 0 Å².